The molecule has 3 aromatic heterocycles. The fraction of sp³-hybridized carbons (Fsp3) is 0.450. The second-order valence-corrected chi connectivity index (χ2v) is 11.5. The van der Waals surface area contributed by atoms with Gasteiger partial charge in [0, 0.05) is 24.5 Å². The maximum absolute atomic E-state index is 13.0. The fourth-order valence-corrected chi connectivity index (χ4v) is 6.86. The number of carbonyl (C=O) groups excluding carboxylic acids is 1. The quantitative estimate of drug-likeness (QED) is 0.448. The lowest BCUT2D eigenvalue weighted by molar-refractivity contribution is -0.131. The van der Waals surface area contributed by atoms with E-state index in [1.807, 2.05) is 24.4 Å². The van der Waals surface area contributed by atoms with E-state index in [4.69, 9.17) is 9.15 Å². The van der Waals surface area contributed by atoms with Gasteiger partial charge >= 0.3 is 0 Å². The number of hydrogen-bond acceptors (Lipinski definition) is 9. The highest BCUT2D eigenvalue weighted by Crippen LogP contribution is 2.27. The molecule has 32 heavy (non-hydrogen) atoms. The Morgan fingerprint density at radius 3 is 2.75 bits per heavy atom. The number of nitrogens with zero attached hydrogens (tertiary/aromatic N) is 4. The van der Waals surface area contributed by atoms with Crippen LogP contribution in [0.5, 0.6) is 0 Å². The summed E-state index contributed by atoms with van der Waals surface area (Å²) in [6, 6.07) is 7.09. The first kappa shape index (κ1) is 23.1. The summed E-state index contributed by atoms with van der Waals surface area (Å²) in [5, 5.41) is 10.1. The average Bonchev–Trinajstić information content (AvgIpc) is 3.56. The van der Waals surface area contributed by atoms with Crippen LogP contribution in [0.2, 0.25) is 0 Å². The number of amides is 1. The van der Waals surface area contributed by atoms with Gasteiger partial charge in [0.25, 0.3) is 15.9 Å². The molecule has 1 saturated heterocycles. The summed E-state index contributed by atoms with van der Waals surface area (Å²) >= 11 is 2.64. The van der Waals surface area contributed by atoms with E-state index in [-0.39, 0.29) is 23.1 Å². The molecule has 0 aromatic carbocycles. The van der Waals surface area contributed by atoms with Crippen molar-refractivity contribution < 1.29 is 22.4 Å². The van der Waals surface area contributed by atoms with Gasteiger partial charge in [-0.05, 0) is 30.0 Å². The van der Waals surface area contributed by atoms with Crippen molar-refractivity contribution in [3.63, 3.8) is 0 Å². The van der Waals surface area contributed by atoms with E-state index in [0.29, 0.717) is 49.5 Å². The van der Waals surface area contributed by atoms with E-state index in [0.717, 1.165) is 22.6 Å². The summed E-state index contributed by atoms with van der Waals surface area (Å²) in [5.41, 5.74) is 0. The molecule has 0 aliphatic carbocycles. The minimum absolute atomic E-state index is 0.111. The van der Waals surface area contributed by atoms with Gasteiger partial charge in [0.15, 0.2) is 0 Å². The molecular formula is C20H24N4O5S3. The molecule has 0 spiro atoms. The van der Waals surface area contributed by atoms with Crippen LogP contribution in [0.4, 0.5) is 0 Å². The Bertz CT molecular complexity index is 1130. The fourth-order valence-electron chi connectivity index (χ4n) is 3.31. The number of carbonyl (C=O) groups is 1. The van der Waals surface area contributed by atoms with Gasteiger partial charge in [0.2, 0.25) is 11.8 Å². The Morgan fingerprint density at radius 1 is 1.22 bits per heavy atom. The first-order valence-electron chi connectivity index (χ1n) is 10.3. The molecule has 1 aliphatic heterocycles. The third kappa shape index (κ3) is 5.26. The van der Waals surface area contributed by atoms with Crippen LogP contribution >= 0.6 is 22.7 Å². The van der Waals surface area contributed by atoms with Crippen molar-refractivity contribution in [2.75, 3.05) is 32.8 Å². The second kappa shape index (κ2) is 10.2. The van der Waals surface area contributed by atoms with Crippen molar-refractivity contribution in [2.24, 2.45) is 0 Å². The van der Waals surface area contributed by atoms with Crippen LogP contribution in [0.1, 0.15) is 24.1 Å². The maximum atomic E-state index is 13.0. The molecule has 0 atom stereocenters. The van der Waals surface area contributed by atoms with Crippen LogP contribution in [0, 0.1) is 0 Å². The highest BCUT2D eigenvalue weighted by atomic mass is 32.2. The van der Waals surface area contributed by atoms with Crippen LogP contribution in [-0.2, 0) is 32.5 Å². The molecule has 1 amide bonds. The monoisotopic (exact) mass is 496 g/mol. The summed E-state index contributed by atoms with van der Waals surface area (Å²) in [6.07, 6.45) is 0.897. The minimum Gasteiger partial charge on any atom is -0.418 e. The smallest absolute Gasteiger partial charge is 0.257 e. The summed E-state index contributed by atoms with van der Waals surface area (Å²) in [4.78, 5) is 16.2. The second-order valence-electron chi connectivity index (χ2n) is 7.21. The normalized spacial score (nSPS) is 15.2. The number of aromatic nitrogens is 2. The van der Waals surface area contributed by atoms with Crippen molar-refractivity contribution in [2.45, 2.75) is 30.5 Å². The summed E-state index contributed by atoms with van der Waals surface area (Å²) < 4.78 is 38.3. The number of hydrogen-bond donors (Lipinski definition) is 0. The van der Waals surface area contributed by atoms with Crippen LogP contribution < -0.4 is 0 Å². The molecule has 172 valence electrons. The highest BCUT2D eigenvalue weighted by Gasteiger charge is 2.28. The van der Waals surface area contributed by atoms with Crippen molar-refractivity contribution in [3.8, 4) is 10.8 Å². The maximum Gasteiger partial charge on any atom is 0.257 e. The van der Waals surface area contributed by atoms with Gasteiger partial charge in [-0.15, -0.1) is 32.9 Å². The van der Waals surface area contributed by atoms with Crippen LogP contribution in [-0.4, -0.2) is 66.6 Å². The lowest BCUT2D eigenvalue weighted by Gasteiger charge is -2.25. The Balaban J connectivity index is 1.42. The molecule has 12 heteroatoms. The van der Waals surface area contributed by atoms with Crippen molar-refractivity contribution in [3.05, 3.63) is 40.4 Å². The standard InChI is InChI=1S/C20H24N4O5S3/c1-2-7-23(14-17-21-22-20(29-17)16-4-3-12-30-16)18(25)13-15-5-6-19(31-15)32(26,27)24-8-10-28-11-9-24/h3-6,12H,2,7-11,13-14H2,1H3. The number of morpholine rings is 1. The number of thiophene rings is 2. The summed E-state index contributed by atoms with van der Waals surface area (Å²) in [7, 11) is -3.56. The minimum atomic E-state index is -3.56. The van der Waals surface area contributed by atoms with E-state index in [2.05, 4.69) is 10.2 Å². The molecule has 4 rings (SSSR count). The van der Waals surface area contributed by atoms with Gasteiger partial charge in [0.05, 0.1) is 31.1 Å². The topological polar surface area (TPSA) is 106 Å². The molecule has 4 heterocycles. The van der Waals surface area contributed by atoms with Gasteiger partial charge < -0.3 is 14.1 Å². The zero-order valence-corrected chi connectivity index (χ0v) is 20.0. The predicted octanol–water partition coefficient (Wildman–Crippen LogP) is 2.86. The molecular weight excluding hydrogens is 472 g/mol. The molecule has 1 fully saturated rings. The first-order chi connectivity index (χ1) is 15.5. The van der Waals surface area contributed by atoms with E-state index in [1.54, 1.807) is 17.0 Å². The predicted molar refractivity (Wildman–Crippen MR) is 121 cm³/mol. The van der Waals surface area contributed by atoms with Gasteiger partial charge in [-0.25, -0.2) is 8.42 Å². The molecule has 9 nitrogen and oxygen atoms in total. The van der Waals surface area contributed by atoms with E-state index >= 15 is 0 Å². The summed E-state index contributed by atoms with van der Waals surface area (Å²) in [6.45, 7) is 4.23. The van der Waals surface area contributed by atoms with Gasteiger partial charge in [-0.3, -0.25) is 4.79 Å². The Kier molecular flexibility index (Phi) is 7.36. The molecule has 0 bridgehead atoms. The van der Waals surface area contributed by atoms with Crippen LogP contribution in [0.15, 0.2) is 38.3 Å². The van der Waals surface area contributed by atoms with Gasteiger partial charge in [0.1, 0.15) is 4.21 Å². The Morgan fingerprint density at radius 2 is 2.03 bits per heavy atom. The number of ether oxygens (including phenoxy) is 1. The zero-order chi connectivity index (χ0) is 22.6. The van der Waals surface area contributed by atoms with Gasteiger partial charge in [-0.1, -0.05) is 13.0 Å². The lowest BCUT2D eigenvalue weighted by atomic mass is 10.3. The lowest BCUT2D eigenvalue weighted by Crippen LogP contribution is -2.40. The third-order valence-corrected chi connectivity index (χ3v) is 9.21. The molecule has 0 saturated carbocycles. The molecule has 0 N–H and O–H groups in total. The zero-order valence-electron chi connectivity index (χ0n) is 17.6. The van der Waals surface area contributed by atoms with E-state index in [1.165, 1.54) is 15.6 Å². The molecule has 0 radical (unpaired) electrons. The van der Waals surface area contributed by atoms with Crippen LogP contribution in [0.3, 0.4) is 0 Å². The van der Waals surface area contributed by atoms with E-state index in [9.17, 15) is 13.2 Å². The largest absolute Gasteiger partial charge is 0.418 e. The van der Waals surface area contributed by atoms with Gasteiger partial charge in [-0.2, -0.15) is 4.31 Å². The average molecular weight is 497 g/mol. The Labute approximate surface area is 194 Å². The van der Waals surface area contributed by atoms with Crippen molar-refractivity contribution >= 4 is 38.6 Å². The van der Waals surface area contributed by atoms with Crippen molar-refractivity contribution in [1.29, 1.82) is 0 Å². The highest BCUT2D eigenvalue weighted by molar-refractivity contribution is 7.91. The Hall–Kier alpha value is -2.12. The SMILES string of the molecule is CCCN(Cc1nnc(-c2cccs2)o1)C(=O)Cc1ccc(S(=O)(=O)N2CCOCC2)s1. The number of sulfonamides is 1. The molecule has 1 aliphatic rings. The van der Waals surface area contributed by atoms with E-state index < -0.39 is 10.0 Å². The molecule has 3 aromatic rings. The van der Waals surface area contributed by atoms with Crippen molar-refractivity contribution in [1.82, 2.24) is 19.4 Å². The van der Waals surface area contributed by atoms with Crippen LogP contribution in [0.25, 0.3) is 10.8 Å². The third-order valence-electron chi connectivity index (χ3n) is 4.90. The summed E-state index contributed by atoms with van der Waals surface area (Å²) in [5.74, 6) is 0.701. The molecule has 0 unspecified atom stereocenters. The number of rotatable bonds is 9. The first-order valence-corrected chi connectivity index (χ1v) is 13.4.